The first-order valence-electron chi connectivity index (χ1n) is 7.45. The third kappa shape index (κ3) is 4.15. The van der Waals surface area contributed by atoms with Crippen LogP contribution >= 0.6 is 0 Å². The molecule has 0 aromatic carbocycles. The monoisotopic (exact) mass is 278 g/mol. The Bertz CT molecular complexity index is 430. The molecule has 1 aliphatic rings. The van der Waals surface area contributed by atoms with E-state index < -0.39 is 0 Å². The highest BCUT2D eigenvalue weighted by atomic mass is 16.5. The van der Waals surface area contributed by atoms with Gasteiger partial charge in [0.25, 0.3) is 0 Å². The summed E-state index contributed by atoms with van der Waals surface area (Å²) >= 11 is 0. The van der Waals surface area contributed by atoms with Gasteiger partial charge in [-0.05, 0) is 19.8 Å². The number of likely N-dealkylation sites (N-methyl/N-ethyl adjacent to an activating group) is 1. The average molecular weight is 278 g/mol. The number of nitrogens with zero attached hydrogens (tertiary/aromatic N) is 3. The average Bonchev–Trinajstić information content (AvgIpc) is 2.89. The number of anilines is 1. The first kappa shape index (κ1) is 15.2. The lowest BCUT2D eigenvalue weighted by molar-refractivity contribution is 0.116. The summed E-state index contributed by atoms with van der Waals surface area (Å²) in [5.74, 6) is 0.784. The van der Waals surface area contributed by atoms with E-state index in [0.29, 0.717) is 12.1 Å². The maximum Gasteiger partial charge on any atom is 0.225 e. The van der Waals surface area contributed by atoms with E-state index in [1.165, 1.54) is 0 Å². The second-order valence-corrected chi connectivity index (χ2v) is 5.83. The summed E-state index contributed by atoms with van der Waals surface area (Å²) in [4.78, 5) is 11.2. The number of hydrogen-bond acceptors (Lipinski definition) is 5. The molecule has 20 heavy (non-hydrogen) atoms. The van der Waals surface area contributed by atoms with Gasteiger partial charge in [-0.15, -0.1) is 0 Å². The minimum atomic E-state index is 0.325. The van der Waals surface area contributed by atoms with Crippen molar-refractivity contribution in [1.82, 2.24) is 15.3 Å². The van der Waals surface area contributed by atoms with Gasteiger partial charge in [-0.25, -0.2) is 9.97 Å². The fourth-order valence-corrected chi connectivity index (χ4v) is 2.33. The Morgan fingerprint density at radius 2 is 2.30 bits per heavy atom. The van der Waals surface area contributed by atoms with Crippen molar-refractivity contribution < 1.29 is 4.74 Å². The van der Waals surface area contributed by atoms with E-state index >= 15 is 0 Å². The van der Waals surface area contributed by atoms with Gasteiger partial charge in [-0.3, -0.25) is 0 Å². The minimum Gasteiger partial charge on any atom is -0.376 e. The summed E-state index contributed by atoms with van der Waals surface area (Å²) in [5, 5.41) is 3.40. The van der Waals surface area contributed by atoms with E-state index in [4.69, 9.17) is 4.74 Å². The van der Waals surface area contributed by atoms with Crippen molar-refractivity contribution in [2.45, 2.75) is 52.3 Å². The predicted molar refractivity (Wildman–Crippen MR) is 81.0 cm³/mol. The van der Waals surface area contributed by atoms with Crippen LogP contribution in [-0.4, -0.2) is 42.3 Å². The van der Waals surface area contributed by atoms with Crippen molar-refractivity contribution in [1.29, 1.82) is 0 Å². The zero-order chi connectivity index (χ0) is 14.5. The number of nitrogens with one attached hydrogen (secondary N) is 1. The Hall–Kier alpha value is -1.20. The quantitative estimate of drug-likeness (QED) is 0.861. The van der Waals surface area contributed by atoms with Gasteiger partial charge in [-0.2, -0.15) is 0 Å². The Morgan fingerprint density at radius 3 is 2.90 bits per heavy atom. The number of ether oxygens (including phenoxy) is 1. The Balaban J connectivity index is 1.96. The zero-order valence-corrected chi connectivity index (χ0v) is 13.0. The molecule has 5 nitrogen and oxygen atoms in total. The van der Waals surface area contributed by atoms with Crippen LogP contribution in [0.25, 0.3) is 0 Å². The molecule has 1 atom stereocenters. The topological polar surface area (TPSA) is 50.3 Å². The van der Waals surface area contributed by atoms with E-state index in [2.05, 4.69) is 34.0 Å². The number of aromatic nitrogens is 2. The van der Waals surface area contributed by atoms with E-state index in [-0.39, 0.29) is 0 Å². The molecule has 112 valence electrons. The largest absolute Gasteiger partial charge is 0.376 e. The molecule has 0 aliphatic carbocycles. The Kier molecular flexibility index (Phi) is 5.31. The second-order valence-electron chi connectivity index (χ2n) is 5.83. The summed E-state index contributed by atoms with van der Waals surface area (Å²) in [6.45, 7) is 8.89. The van der Waals surface area contributed by atoms with E-state index in [9.17, 15) is 0 Å². The molecule has 0 amide bonds. The van der Waals surface area contributed by atoms with E-state index in [1.807, 2.05) is 20.2 Å². The van der Waals surface area contributed by atoms with Crippen molar-refractivity contribution in [3.8, 4) is 0 Å². The van der Waals surface area contributed by atoms with Gasteiger partial charge >= 0.3 is 0 Å². The highest BCUT2D eigenvalue weighted by Gasteiger charge is 2.19. The SMILES string of the molecule is Cc1nc(N(C)CC2CCCO2)ncc1CNC(C)C. The molecule has 0 saturated carbocycles. The third-order valence-corrected chi connectivity index (χ3v) is 3.61. The summed E-state index contributed by atoms with van der Waals surface area (Å²) < 4.78 is 5.66. The molecule has 1 N–H and O–H groups in total. The normalized spacial score (nSPS) is 18.8. The van der Waals surface area contributed by atoms with Gasteiger partial charge in [0.15, 0.2) is 0 Å². The predicted octanol–water partition coefficient (Wildman–Crippen LogP) is 1.90. The van der Waals surface area contributed by atoms with Crippen LogP contribution in [0.4, 0.5) is 5.95 Å². The second kappa shape index (κ2) is 6.99. The fraction of sp³-hybridized carbons (Fsp3) is 0.733. The van der Waals surface area contributed by atoms with Crippen LogP contribution in [0.15, 0.2) is 6.20 Å². The molecule has 0 radical (unpaired) electrons. The number of hydrogen-bond donors (Lipinski definition) is 1. The summed E-state index contributed by atoms with van der Waals surface area (Å²) in [7, 11) is 2.03. The smallest absolute Gasteiger partial charge is 0.225 e. The van der Waals surface area contributed by atoms with Crippen LogP contribution in [0, 0.1) is 6.92 Å². The number of rotatable bonds is 6. The molecule has 0 spiro atoms. The van der Waals surface area contributed by atoms with E-state index in [1.54, 1.807) is 0 Å². The first-order valence-corrected chi connectivity index (χ1v) is 7.45. The maximum absolute atomic E-state index is 5.66. The highest BCUT2D eigenvalue weighted by molar-refractivity contribution is 5.32. The Morgan fingerprint density at radius 1 is 1.50 bits per heavy atom. The van der Waals surface area contributed by atoms with Crippen molar-refractivity contribution in [2.75, 3.05) is 25.1 Å². The first-order chi connectivity index (χ1) is 9.56. The molecule has 2 heterocycles. The zero-order valence-electron chi connectivity index (χ0n) is 13.0. The fourth-order valence-electron chi connectivity index (χ4n) is 2.33. The minimum absolute atomic E-state index is 0.325. The van der Waals surface area contributed by atoms with Gasteiger partial charge in [0.2, 0.25) is 5.95 Å². The molecule has 1 aliphatic heterocycles. The van der Waals surface area contributed by atoms with Gasteiger partial charge < -0.3 is 15.0 Å². The van der Waals surface area contributed by atoms with Gasteiger partial charge in [0.1, 0.15) is 0 Å². The van der Waals surface area contributed by atoms with Crippen LogP contribution in [0.2, 0.25) is 0 Å². The van der Waals surface area contributed by atoms with Gasteiger partial charge in [0, 0.05) is 50.2 Å². The molecule has 1 saturated heterocycles. The van der Waals surface area contributed by atoms with E-state index in [0.717, 1.165) is 49.7 Å². The lowest BCUT2D eigenvalue weighted by Crippen LogP contribution is -2.30. The molecule has 1 aromatic rings. The van der Waals surface area contributed by atoms with Gasteiger partial charge in [0.05, 0.1) is 6.10 Å². The maximum atomic E-state index is 5.66. The van der Waals surface area contributed by atoms with Crippen LogP contribution in [0.1, 0.15) is 37.9 Å². The van der Waals surface area contributed by atoms with Crippen LogP contribution in [0.3, 0.4) is 0 Å². The third-order valence-electron chi connectivity index (χ3n) is 3.61. The molecular weight excluding hydrogens is 252 g/mol. The molecule has 5 heteroatoms. The molecule has 2 rings (SSSR count). The Labute approximate surface area is 121 Å². The summed E-state index contributed by atoms with van der Waals surface area (Å²) in [5.41, 5.74) is 2.20. The lowest BCUT2D eigenvalue weighted by atomic mass is 10.2. The molecule has 1 aromatic heterocycles. The van der Waals surface area contributed by atoms with Crippen LogP contribution in [0.5, 0.6) is 0 Å². The molecule has 1 fully saturated rings. The molecule has 0 bridgehead atoms. The lowest BCUT2D eigenvalue weighted by Gasteiger charge is -2.21. The highest BCUT2D eigenvalue weighted by Crippen LogP contribution is 2.16. The summed E-state index contributed by atoms with van der Waals surface area (Å²) in [6.07, 6.45) is 4.56. The van der Waals surface area contributed by atoms with Crippen molar-refractivity contribution in [2.24, 2.45) is 0 Å². The van der Waals surface area contributed by atoms with Crippen molar-refractivity contribution in [3.63, 3.8) is 0 Å². The van der Waals surface area contributed by atoms with Gasteiger partial charge in [-0.1, -0.05) is 13.8 Å². The summed E-state index contributed by atoms with van der Waals surface area (Å²) in [6, 6.07) is 0.469. The standard InChI is InChI=1S/C15H26N4O/c1-11(2)16-8-13-9-17-15(18-12(13)3)19(4)10-14-6-5-7-20-14/h9,11,14,16H,5-8,10H2,1-4H3. The molecular formula is C15H26N4O. The molecule has 1 unspecified atom stereocenters. The van der Waals surface area contributed by atoms with Crippen LogP contribution < -0.4 is 10.2 Å². The van der Waals surface area contributed by atoms with Crippen molar-refractivity contribution >= 4 is 5.95 Å². The van der Waals surface area contributed by atoms with Crippen molar-refractivity contribution in [3.05, 3.63) is 17.5 Å². The van der Waals surface area contributed by atoms with Crippen LogP contribution in [-0.2, 0) is 11.3 Å². The number of aryl methyl sites for hydroxylation is 1.